The fraction of sp³-hybridized carbons (Fsp3) is 0.538. The first-order valence-corrected chi connectivity index (χ1v) is 11.8. The highest BCUT2D eigenvalue weighted by atomic mass is 16.6. The Balaban J connectivity index is 2.37. The van der Waals surface area contributed by atoms with Crippen molar-refractivity contribution in [2.24, 2.45) is 5.73 Å². The number of primary amides is 1. The van der Waals surface area contributed by atoms with Gasteiger partial charge in [-0.2, -0.15) is 0 Å². The van der Waals surface area contributed by atoms with Gasteiger partial charge in [0.05, 0.1) is 6.42 Å². The van der Waals surface area contributed by atoms with Crippen LogP contribution in [0.4, 0.5) is 4.79 Å². The standard InChI is InChI=1S/C26H36N4O5/c1-6-17-12-10-11-15-19(17)22(23(32)28-18-13-8-7-9-14-18)30(5)24(33)20(16-21(27)31)29-25(34)35-26(2,3)4/h1,10-12,15,18,20,22H,7-9,13-14,16H2,2-5H3,(H2,27,31)(H,28,32)(H,29,34). The third-order valence-electron chi connectivity index (χ3n) is 5.74. The fourth-order valence-electron chi connectivity index (χ4n) is 4.14. The number of rotatable bonds is 8. The summed E-state index contributed by atoms with van der Waals surface area (Å²) in [5, 5.41) is 5.47. The molecule has 0 aliphatic heterocycles. The summed E-state index contributed by atoms with van der Waals surface area (Å²) in [6.45, 7) is 5.02. The number of ether oxygens (including phenoxy) is 1. The van der Waals surface area contributed by atoms with Crippen LogP contribution in [0.25, 0.3) is 0 Å². The third kappa shape index (κ3) is 8.32. The minimum atomic E-state index is -1.32. The molecule has 9 nitrogen and oxygen atoms in total. The second-order valence-corrected chi connectivity index (χ2v) is 9.80. The van der Waals surface area contributed by atoms with Crippen molar-refractivity contribution in [3.8, 4) is 12.3 Å². The number of hydrogen-bond donors (Lipinski definition) is 3. The van der Waals surface area contributed by atoms with Crippen molar-refractivity contribution in [3.05, 3.63) is 35.4 Å². The number of amides is 4. The molecule has 1 aliphatic rings. The summed E-state index contributed by atoms with van der Waals surface area (Å²) in [6, 6.07) is 4.46. The van der Waals surface area contributed by atoms with E-state index in [4.69, 9.17) is 16.9 Å². The zero-order chi connectivity index (χ0) is 26.2. The lowest BCUT2D eigenvalue weighted by Crippen LogP contribution is -2.53. The Hall–Kier alpha value is -3.54. The number of alkyl carbamates (subject to hydrolysis) is 1. The van der Waals surface area contributed by atoms with E-state index in [1.54, 1.807) is 45.0 Å². The zero-order valence-electron chi connectivity index (χ0n) is 20.9. The van der Waals surface area contributed by atoms with Crippen LogP contribution in [0.2, 0.25) is 0 Å². The molecule has 1 saturated carbocycles. The third-order valence-corrected chi connectivity index (χ3v) is 5.74. The molecular formula is C26H36N4O5. The van der Waals surface area contributed by atoms with Crippen molar-refractivity contribution in [1.82, 2.24) is 15.5 Å². The predicted octanol–water partition coefficient (Wildman–Crippen LogP) is 2.38. The molecule has 0 radical (unpaired) electrons. The van der Waals surface area contributed by atoms with E-state index in [9.17, 15) is 19.2 Å². The van der Waals surface area contributed by atoms with Crippen molar-refractivity contribution in [2.75, 3.05) is 7.05 Å². The maximum atomic E-state index is 13.5. The van der Waals surface area contributed by atoms with E-state index >= 15 is 0 Å². The van der Waals surface area contributed by atoms with Crippen LogP contribution in [0.5, 0.6) is 0 Å². The Morgan fingerprint density at radius 2 is 1.80 bits per heavy atom. The topological polar surface area (TPSA) is 131 Å². The molecule has 1 aromatic rings. The molecule has 35 heavy (non-hydrogen) atoms. The number of carbonyl (C=O) groups excluding carboxylic acids is 4. The molecule has 190 valence electrons. The molecule has 0 saturated heterocycles. The highest BCUT2D eigenvalue weighted by molar-refractivity contribution is 5.94. The average molecular weight is 485 g/mol. The van der Waals surface area contributed by atoms with E-state index in [2.05, 4.69) is 16.6 Å². The quantitative estimate of drug-likeness (QED) is 0.488. The monoisotopic (exact) mass is 484 g/mol. The van der Waals surface area contributed by atoms with Gasteiger partial charge in [-0.1, -0.05) is 43.4 Å². The van der Waals surface area contributed by atoms with Crippen LogP contribution in [-0.4, -0.2) is 53.4 Å². The summed E-state index contributed by atoms with van der Waals surface area (Å²) in [4.78, 5) is 52.3. The number of nitrogens with zero attached hydrogens (tertiary/aromatic N) is 1. The van der Waals surface area contributed by atoms with Crippen LogP contribution in [0.3, 0.4) is 0 Å². The minimum absolute atomic E-state index is 0.00144. The predicted molar refractivity (Wildman–Crippen MR) is 132 cm³/mol. The van der Waals surface area contributed by atoms with E-state index in [0.717, 1.165) is 32.1 Å². The number of likely N-dealkylation sites (N-methyl/N-ethyl adjacent to an activating group) is 1. The van der Waals surface area contributed by atoms with Gasteiger partial charge in [0.25, 0.3) is 0 Å². The fourth-order valence-corrected chi connectivity index (χ4v) is 4.14. The lowest BCUT2D eigenvalue weighted by Gasteiger charge is -2.33. The molecule has 2 rings (SSSR count). The molecule has 0 heterocycles. The van der Waals surface area contributed by atoms with Gasteiger partial charge in [0.2, 0.25) is 17.7 Å². The van der Waals surface area contributed by atoms with Gasteiger partial charge in [-0.3, -0.25) is 14.4 Å². The largest absolute Gasteiger partial charge is 0.444 e. The maximum absolute atomic E-state index is 13.5. The maximum Gasteiger partial charge on any atom is 0.408 e. The first kappa shape index (κ1) is 27.7. The molecule has 1 aliphatic carbocycles. The molecule has 0 bridgehead atoms. The number of hydrogen-bond acceptors (Lipinski definition) is 5. The molecule has 1 fully saturated rings. The van der Waals surface area contributed by atoms with Crippen LogP contribution < -0.4 is 16.4 Å². The van der Waals surface area contributed by atoms with E-state index in [0.29, 0.717) is 11.1 Å². The summed E-state index contributed by atoms with van der Waals surface area (Å²) in [7, 11) is 1.44. The summed E-state index contributed by atoms with van der Waals surface area (Å²) >= 11 is 0. The molecule has 4 amide bonds. The van der Waals surface area contributed by atoms with E-state index in [1.807, 2.05) is 0 Å². The van der Waals surface area contributed by atoms with Crippen LogP contribution in [0.1, 0.15) is 76.5 Å². The summed E-state index contributed by atoms with van der Waals surface area (Å²) in [5.74, 6) is 0.715. The van der Waals surface area contributed by atoms with Gasteiger partial charge in [0, 0.05) is 18.7 Å². The Kier molecular flexibility index (Phi) is 9.69. The number of terminal acetylenes is 1. The number of carbonyl (C=O) groups is 4. The average Bonchev–Trinajstić information content (AvgIpc) is 2.77. The van der Waals surface area contributed by atoms with Gasteiger partial charge < -0.3 is 26.0 Å². The first-order chi connectivity index (χ1) is 16.4. The molecule has 2 unspecified atom stereocenters. The van der Waals surface area contributed by atoms with Gasteiger partial charge in [-0.25, -0.2) is 4.79 Å². The smallest absolute Gasteiger partial charge is 0.408 e. The van der Waals surface area contributed by atoms with Gasteiger partial charge in [-0.15, -0.1) is 6.42 Å². The number of nitrogens with two attached hydrogens (primary N) is 1. The first-order valence-electron chi connectivity index (χ1n) is 11.8. The highest BCUT2D eigenvalue weighted by Crippen LogP contribution is 2.26. The SMILES string of the molecule is C#Cc1ccccc1C(C(=O)NC1CCCCC1)N(C)C(=O)C(CC(N)=O)NC(=O)OC(C)(C)C. The summed E-state index contributed by atoms with van der Waals surface area (Å²) in [5.41, 5.74) is 5.46. The van der Waals surface area contributed by atoms with E-state index in [-0.39, 0.29) is 11.9 Å². The highest BCUT2D eigenvalue weighted by Gasteiger charge is 2.36. The number of benzene rings is 1. The second-order valence-electron chi connectivity index (χ2n) is 9.80. The lowest BCUT2D eigenvalue weighted by atomic mass is 9.93. The molecule has 9 heteroatoms. The van der Waals surface area contributed by atoms with E-state index < -0.39 is 42.0 Å². The summed E-state index contributed by atoms with van der Waals surface area (Å²) in [6.07, 6.45) is 9.22. The van der Waals surface area contributed by atoms with Crippen LogP contribution >= 0.6 is 0 Å². The molecule has 0 spiro atoms. The Morgan fingerprint density at radius 3 is 2.37 bits per heavy atom. The Bertz CT molecular complexity index is 973. The van der Waals surface area contributed by atoms with Crippen molar-refractivity contribution >= 4 is 23.8 Å². The van der Waals surface area contributed by atoms with Gasteiger partial charge in [0.15, 0.2) is 0 Å². The van der Waals surface area contributed by atoms with Crippen LogP contribution in [0.15, 0.2) is 24.3 Å². The van der Waals surface area contributed by atoms with Gasteiger partial charge in [-0.05, 0) is 45.2 Å². The molecule has 4 N–H and O–H groups in total. The van der Waals surface area contributed by atoms with Crippen LogP contribution in [-0.2, 0) is 19.1 Å². The molecular weight excluding hydrogens is 448 g/mol. The van der Waals surface area contributed by atoms with Gasteiger partial charge in [0.1, 0.15) is 17.7 Å². The van der Waals surface area contributed by atoms with E-state index in [1.165, 1.54) is 11.9 Å². The summed E-state index contributed by atoms with van der Waals surface area (Å²) < 4.78 is 5.23. The van der Waals surface area contributed by atoms with Crippen molar-refractivity contribution in [2.45, 2.75) is 83.0 Å². The minimum Gasteiger partial charge on any atom is -0.444 e. The molecule has 2 atom stereocenters. The van der Waals surface area contributed by atoms with Crippen molar-refractivity contribution in [3.63, 3.8) is 0 Å². The Morgan fingerprint density at radius 1 is 1.17 bits per heavy atom. The van der Waals surface area contributed by atoms with Crippen molar-refractivity contribution < 1.29 is 23.9 Å². The Labute approximate surface area is 207 Å². The normalized spacial score (nSPS) is 15.7. The molecule has 1 aromatic carbocycles. The number of nitrogens with one attached hydrogen (secondary N) is 2. The lowest BCUT2D eigenvalue weighted by molar-refractivity contribution is -0.142. The van der Waals surface area contributed by atoms with Crippen molar-refractivity contribution in [1.29, 1.82) is 0 Å². The van der Waals surface area contributed by atoms with Gasteiger partial charge >= 0.3 is 6.09 Å². The second kappa shape index (κ2) is 12.2. The molecule has 0 aromatic heterocycles. The zero-order valence-corrected chi connectivity index (χ0v) is 20.9. The van der Waals surface area contributed by atoms with Crippen LogP contribution in [0, 0.1) is 12.3 Å².